The lowest BCUT2D eigenvalue weighted by atomic mass is 10.2. The second-order valence-corrected chi connectivity index (χ2v) is 4.90. The summed E-state index contributed by atoms with van der Waals surface area (Å²) >= 11 is 0. The van der Waals surface area contributed by atoms with Gasteiger partial charge < -0.3 is 10.1 Å². The van der Waals surface area contributed by atoms with Crippen LogP contribution in [-0.2, 0) is 9.53 Å². The molecule has 0 radical (unpaired) electrons. The molecule has 1 N–H and O–H groups in total. The third-order valence-electron chi connectivity index (χ3n) is 3.06. The molecule has 0 aliphatic rings. The van der Waals surface area contributed by atoms with E-state index >= 15 is 0 Å². The minimum absolute atomic E-state index is 0.0832. The zero-order valence-electron chi connectivity index (χ0n) is 12.5. The Labute approximate surface area is 124 Å². The van der Waals surface area contributed by atoms with Gasteiger partial charge in [0.25, 0.3) is 5.91 Å². The maximum Gasteiger partial charge on any atom is 0.328 e. The number of benzene rings is 1. The lowest BCUT2D eigenvalue weighted by Gasteiger charge is -2.13. The maximum atomic E-state index is 13.4. The van der Waals surface area contributed by atoms with Crippen LogP contribution in [0, 0.1) is 5.82 Å². The molecule has 1 atom stereocenters. The molecule has 0 aromatic heterocycles. The van der Waals surface area contributed by atoms with Crippen LogP contribution in [0.1, 0.15) is 49.9 Å². The van der Waals surface area contributed by atoms with Crippen molar-refractivity contribution in [3.8, 4) is 0 Å². The number of hydrogen-bond acceptors (Lipinski definition) is 3. The molecule has 1 aromatic carbocycles. The first-order valence-electron chi connectivity index (χ1n) is 7.28. The van der Waals surface area contributed by atoms with Gasteiger partial charge in [-0.1, -0.05) is 38.3 Å². The highest BCUT2D eigenvalue weighted by atomic mass is 19.1. The highest BCUT2D eigenvalue weighted by molar-refractivity contribution is 5.96. The van der Waals surface area contributed by atoms with Crippen molar-refractivity contribution in [3.05, 3.63) is 35.6 Å². The minimum Gasteiger partial charge on any atom is -0.464 e. The predicted octanol–water partition coefficient (Wildman–Crippen LogP) is 3.07. The van der Waals surface area contributed by atoms with Crippen LogP contribution >= 0.6 is 0 Å². The highest BCUT2D eigenvalue weighted by Crippen LogP contribution is 2.06. The van der Waals surface area contributed by atoms with Crippen LogP contribution in [-0.4, -0.2) is 24.5 Å². The number of rotatable bonds is 8. The van der Waals surface area contributed by atoms with Crippen molar-refractivity contribution >= 4 is 11.9 Å². The SMILES string of the molecule is CCCCCCOC(=O)[C@H](C)NC(=O)c1ccccc1F. The van der Waals surface area contributed by atoms with Gasteiger partial charge in [-0.3, -0.25) is 4.79 Å². The molecule has 0 unspecified atom stereocenters. The Hall–Kier alpha value is -1.91. The Morgan fingerprint density at radius 3 is 2.62 bits per heavy atom. The third-order valence-corrected chi connectivity index (χ3v) is 3.06. The maximum absolute atomic E-state index is 13.4. The predicted molar refractivity (Wildman–Crippen MR) is 78.4 cm³/mol. The summed E-state index contributed by atoms with van der Waals surface area (Å²) in [5.41, 5.74) is -0.0832. The molecule has 116 valence electrons. The summed E-state index contributed by atoms with van der Waals surface area (Å²) in [4.78, 5) is 23.5. The van der Waals surface area contributed by atoms with Crippen molar-refractivity contribution in [2.45, 2.75) is 45.6 Å². The standard InChI is InChI=1S/C16H22FNO3/c1-3-4-5-8-11-21-16(20)12(2)18-15(19)13-9-6-7-10-14(13)17/h6-7,9-10,12H,3-5,8,11H2,1-2H3,(H,18,19)/t12-/m0/s1. The first-order valence-corrected chi connectivity index (χ1v) is 7.28. The van der Waals surface area contributed by atoms with E-state index in [0.29, 0.717) is 6.61 Å². The van der Waals surface area contributed by atoms with Crippen LogP contribution in [0.15, 0.2) is 24.3 Å². The van der Waals surface area contributed by atoms with Gasteiger partial charge in [0.05, 0.1) is 12.2 Å². The van der Waals surface area contributed by atoms with E-state index in [1.54, 1.807) is 6.07 Å². The summed E-state index contributed by atoms with van der Waals surface area (Å²) in [6.07, 6.45) is 4.05. The van der Waals surface area contributed by atoms with E-state index in [2.05, 4.69) is 12.2 Å². The number of hydrogen-bond donors (Lipinski definition) is 1. The highest BCUT2D eigenvalue weighted by Gasteiger charge is 2.19. The summed E-state index contributed by atoms with van der Waals surface area (Å²) in [5, 5.41) is 2.44. The molecule has 1 rings (SSSR count). The average molecular weight is 295 g/mol. The monoisotopic (exact) mass is 295 g/mol. The molecule has 5 heteroatoms. The zero-order valence-corrected chi connectivity index (χ0v) is 12.5. The molecule has 0 aliphatic heterocycles. The Morgan fingerprint density at radius 1 is 1.24 bits per heavy atom. The van der Waals surface area contributed by atoms with Gasteiger partial charge in [0.1, 0.15) is 11.9 Å². The summed E-state index contributed by atoms with van der Waals surface area (Å²) in [5.74, 6) is -1.74. The summed E-state index contributed by atoms with van der Waals surface area (Å²) in [6.45, 7) is 3.97. The number of amides is 1. The second-order valence-electron chi connectivity index (χ2n) is 4.90. The van der Waals surface area contributed by atoms with Crippen LogP contribution in [0.4, 0.5) is 4.39 Å². The van der Waals surface area contributed by atoms with E-state index in [-0.39, 0.29) is 5.56 Å². The number of halogens is 1. The topological polar surface area (TPSA) is 55.4 Å². The van der Waals surface area contributed by atoms with E-state index < -0.39 is 23.7 Å². The van der Waals surface area contributed by atoms with Gasteiger partial charge in [-0.2, -0.15) is 0 Å². The van der Waals surface area contributed by atoms with Crippen LogP contribution in [0.2, 0.25) is 0 Å². The number of esters is 1. The van der Waals surface area contributed by atoms with Gasteiger partial charge >= 0.3 is 5.97 Å². The largest absolute Gasteiger partial charge is 0.464 e. The van der Waals surface area contributed by atoms with E-state index in [9.17, 15) is 14.0 Å². The van der Waals surface area contributed by atoms with Crippen molar-refractivity contribution in [2.24, 2.45) is 0 Å². The summed E-state index contributed by atoms with van der Waals surface area (Å²) in [6, 6.07) is 4.83. The van der Waals surface area contributed by atoms with Gasteiger partial charge in [-0.25, -0.2) is 9.18 Å². The van der Waals surface area contributed by atoms with Crippen molar-refractivity contribution in [2.75, 3.05) is 6.61 Å². The quantitative estimate of drug-likeness (QED) is 0.592. The third kappa shape index (κ3) is 5.94. The normalized spacial score (nSPS) is 11.8. The van der Waals surface area contributed by atoms with Gasteiger partial charge in [0.2, 0.25) is 0 Å². The van der Waals surface area contributed by atoms with Gasteiger partial charge in [-0.05, 0) is 25.5 Å². The fourth-order valence-corrected chi connectivity index (χ4v) is 1.81. The Morgan fingerprint density at radius 2 is 1.95 bits per heavy atom. The van der Waals surface area contributed by atoms with Crippen molar-refractivity contribution in [1.82, 2.24) is 5.32 Å². The summed E-state index contributed by atoms with van der Waals surface area (Å²) < 4.78 is 18.5. The lowest BCUT2D eigenvalue weighted by molar-refractivity contribution is -0.145. The number of nitrogens with one attached hydrogen (secondary N) is 1. The van der Waals surface area contributed by atoms with Gasteiger partial charge in [0.15, 0.2) is 0 Å². The number of carbonyl (C=O) groups excluding carboxylic acids is 2. The van der Waals surface area contributed by atoms with Crippen molar-refractivity contribution in [3.63, 3.8) is 0 Å². The van der Waals surface area contributed by atoms with Crippen LogP contribution in [0.25, 0.3) is 0 Å². The van der Waals surface area contributed by atoms with E-state index in [1.165, 1.54) is 25.1 Å². The Bertz CT molecular complexity index is 476. The second kappa shape index (κ2) is 9.10. The molecule has 4 nitrogen and oxygen atoms in total. The molecule has 0 spiro atoms. The molecule has 0 saturated carbocycles. The minimum atomic E-state index is -0.803. The van der Waals surface area contributed by atoms with Crippen LogP contribution in [0.5, 0.6) is 0 Å². The molecule has 1 amide bonds. The van der Waals surface area contributed by atoms with E-state index in [1.807, 2.05) is 0 Å². The fraction of sp³-hybridized carbons (Fsp3) is 0.500. The fourth-order valence-electron chi connectivity index (χ4n) is 1.81. The molecular weight excluding hydrogens is 273 g/mol. The van der Waals surface area contributed by atoms with E-state index in [4.69, 9.17) is 4.74 Å². The zero-order chi connectivity index (χ0) is 15.7. The van der Waals surface area contributed by atoms with Crippen molar-refractivity contribution in [1.29, 1.82) is 0 Å². The lowest BCUT2D eigenvalue weighted by Crippen LogP contribution is -2.40. The first kappa shape index (κ1) is 17.1. The van der Waals surface area contributed by atoms with Crippen LogP contribution < -0.4 is 5.32 Å². The summed E-state index contributed by atoms with van der Waals surface area (Å²) in [7, 11) is 0. The number of ether oxygens (including phenoxy) is 1. The van der Waals surface area contributed by atoms with Gasteiger partial charge in [-0.15, -0.1) is 0 Å². The molecule has 1 aromatic rings. The number of unbranched alkanes of at least 4 members (excludes halogenated alkanes) is 3. The Kier molecular flexibility index (Phi) is 7.43. The molecule has 0 fully saturated rings. The molecule has 0 bridgehead atoms. The van der Waals surface area contributed by atoms with Crippen LogP contribution in [0.3, 0.4) is 0 Å². The molecule has 21 heavy (non-hydrogen) atoms. The van der Waals surface area contributed by atoms with Crippen molar-refractivity contribution < 1.29 is 18.7 Å². The molecule has 0 saturated heterocycles. The molecular formula is C16H22FNO3. The molecule has 0 aliphatic carbocycles. The first-order chi connectivity index (χ1) is 10.1. The van der Waals surface area contributed by atoms with Gasteiger partial charge in [0, 0.05) is 0 Å². The Balaban J connectivity index is 2.38. The number of carbonyl (C=O) groups is 2. The smallest absolute Gasteiger partial charge is 0.328 e. The average Bonchev–Trinajstić information content (AvgIpc) is 2.47. The molecule has 0 heterocycles. The van der Waals surface area contributed by atoms with E-state index in [0.717, 1.165) is 25.7 Å².